The van der Waals surface area contributed by atoms with Crippen molar-refractivity contribution in [2.75, 3.05) is 10.2 Å². The summed E-state index contributed by atoms with van der Waals surface area (Å²) in [6.07, 6.45) is 3.86. The molecule has 158 valence electrons. The number of benzene rings is 3. The molecule has 0 amide bonds. The van der Waals surface area contributed by atoms with E-state index in [0.717, 1.165) is 39.7 Å². The van der Waals surface area contributed by atoms with Crippen LogP contribution in [0.3, 0.4) is 0 Å². The molecule has 5 rings (SSSR count). The molecule has 1 aliphatic rings. The van der Waals surface area contributed by atoms with Crippen molar-refractivity contribution in [3.8, 4) is 0 Å². The van der Waals surface area contributed by atoms with Crippen molar-refractivity contribution in [3.63, 3.8) is 0 Å². The second-order valence-electron chi connectivity index (χ2n) is 7.82. The van der Waals surface area contributed by atoms with E-state index in [9.17, 15) is 0 Å². The Bertz CT molecular complexity index is 1210. The predicted octanol–water partition coefficient (Wildman–Crippen LogP) is 6.75. The number of ether oxygens (including phenoxy) is 1. The van der Waals surface area contributed by atoms with Crippen molar-refractivity contribution >= 4 is 17.1 Å². The summed E-state index contributed by atoms with van der Waals surface area (Å²) in [6, 6.07) is 33.0. The lowest BCUT2D eigenvalue weighted by Gasteiger charge is -2.36. The summed E-state index contributed by atoms with van der Waals surface area (Å²) in [5.74, 6) is 0.957. The van der Waals surface area contributed by atoms with E-state index in [4.69, 9.17) is 4.74 Å². The fraction of sp³-hybridized carbons (Fsp3) is 0.107. The molecule has 0 radical (unpaired) electrons. The maximum absolute atomic E-state index is 6.40. The molecule has 1 N–H and O–H groups in total. The van der Waals surface area contributed by atoms with Crippen molar-refractivity contribution in [3.05, 3.63) is 132 Å². The zero-order valence-corrected chi connectivity index (χ0v) is 18.0. The minimum atomic E-state index is -0.218. The van der Waals surface area contributed by atoms with Gasteiger partial charge in [0.05, 0.1) is 12.3 Å². The van der Waals surface area contributed by atoms with Crippen LogP contribution in [0.15, 0.2) is 115 Å². The molecule has 4 nitrogen and oxygen atoms in total. The zero-order valence-electron chi connectivity index (χ0n) is 18.0. The first-order chi connectivity index (χ1) is 15.8. The van der Waals surface area contributed by atoms with E-state index in [1.807, 2.05) is 55.6 Å². The van der Waals surface area contributed by atoms with Crippen molar-refractivity contribution in [2.24, 2.45) is 0 Å². The van der Waals surface area contributed by atoms with Crippen molar-refractivity contribution in [1.29, 1.82) is 0 Å². The molecular weight excluding hydrogens is 394 g/mol. The van der Waals surface area contributed by atoms with Crippen molar-refractivity contribution in [2.45, 2.75) is 19.6 Å². The summed E-state index contributed by atoms with van der Waals surface area (Å²) in [5.41, 5.74) is 6.33. The summed E-state index contributed by atoms with van der Waals surface area (Å²) in [4.78, 5) is 6.81. The quantitative estimate of drug-likeness (QED) is 0.375. The third-order valence-electron chi connectivity index (χ3n) is 5.48. The van der Waals surface area contributed by atoms with E-state index in [1.54, 1.807) is 0 Å². The highest BCUT2D eigenvalue weighted by atomic mass is 16.5. The highest BCUT2D eigenvalue weighted by Crippen LogP contribution is 2.42. The normalized spacial score (nSPS) is 15.1. The van der Waals surface area contributed by atoms with Gasteiger partial charge in [0.1, 0.15) is 11.9 Å². The third-order valence-corrected chi connectivity index (χ3v) is 5.48. The number of aryl methyl sites for hydroxylation is 1. The highest BCUT2D eigenvalue weighted by molar-refractivity contribution is 5.76. The Kier molecular flexibility index (Phi) is 5.69. The van der Waals surface area contributed by atoms with Gasteiger partial charge in [-0.15, -0.1) is 0 Å². The number of hydrogen-bond acceptors (Lipinski definition) is 4. The van der Waals surface area contributed by atoms with Gasteiger partial charge in [0.15, 0.2) is 0 Å². The number of para-hydroxylation sites is 2. The summed E-state index contributed by atoms with van der Waals surface area (Å²) in [7, 11) is 0. The molecule has 0 fully saturated rings. The Morgan fingerprint density at radius 1 is 0.875 bits per heavy atom. The second kappa shape index (κ2) is 9.08. The summed E-state index contributed by atoms with van der Waals surface area (Å²) < 4.78 is 6.40. The number of rotatable bonds is 6. The number of anilines is 3. The van der Waals surface area contributed by atoms with E-state index in [0.29, 0.717) is 6.61 Å². The lowest BCUT2D eigenvalue weighted by Crippen LogP contribution is -2.28. The molecule has 32 heavy (non-hydrogen) atoms. The monoisotopic (exact) mass is 419 g/mol. The van der Waals surface area contributed by atoms with Gasteiger partial charge in [-0.1, -0.05) is 66.7 Å². The van der Waals surface area contributed by atoms with Gasteiger partial charge >= 0.3 is 0 Å². The molecule has 0 aliphatic carbocycles. The van der Waals surface area contributed by atoms with Crippen molar-refractivity contribution in [1.82, 2.24) is 4.98 Å². The number of fused-ring (bicyclic) bond motifs is 1. The van der Waals surface area contributed by atoms with E-state index in [2.05, 4.69) is 75.9 Å². The molecule has 3 aromatic carbocycles. The Labute approximate surface area is 188 Å². The maximum Gasteiger partial charge on any atom is 0.114 e. The summed E-state index contributed by atoms with van der Waals surface area (Å²) in [5, 5.41) is 3.60. The summed E-state index contributed by atoms with van der Waals surface area (Å²) in [6.45, 7) is 2.55. The van der Waals surface area contributed by atoms with Crippen LogP contribution < -0.4 is 10.2 Å². The van der Waals surface area contributed by atoms with E-state index in [-0.39, 0.29) is 6.10 Å². The Hall–Kier alpha value is -3.89. The number of aromatic nitrogens is 1. The van der Waals surface area contributed by atoms with Crippen LogP contribution in [0.1, 0.15) is 22.9 Å². The average Bonchev–Trinajstić information content (AvgIpc) is 2.84. The Balaban J connectivity index is 1.57. The summed E-state index contributed by atoms with van der Waals surface area (Å²) >= 11 is 0. The molecule has 0 bridgehead atoms. The fourth-order valence-electron chi connectivity index (χ4n) is 3.93. The molecular formula is C28H25N3O. The Morgan fingerprint density at radius 2 is 1.53 bits per heavy atom. The minimum absolute atomic E-state index is 0.218. The lowest BCUT2D eigenvalue weighted by molar-refractivity contribution is 0.0704. The molecule has 2 heterocycles. The van der Waals surface area contributed by atoms with E-state index >= 15 is 0 Å². The van der Waals surface area contributed by atoms with Crippen LogP contribution in [-0.4, -0.2) is 4.98 Å². The smallest absolute Gasteiger partial charge is 0.114 e. The first kappa shape index (κ1) is 20.0. The standard InChI is InChI=1S/C28H25N3O/c1-21-17-26-25(19-29-21)27(32-20-22-11-5-2-6-12-22)18-28(30-23-13-7-3-8-14-23)31(26)24-15-9-4-10-16-24/h2-19,27,30H,20H2,1H3. The predicted molar refractivity (Wildman–Crippen MR) is 130 cm³/mol. The molecule has 1 atom stereocenters. The van der Waals surface area contributed by atoms with Crippen LogP contribution in [0.5, 0.6) is 0 Å². The molecule has 4 aromatic rings. The minimum Gasteiger partial charge on any atom is -0.364 e. The van der Waals surface area contributed by atoms with Crippen LogP contribution in [0.2, 0.25) is 0 Å². The Morgan fingerprint density at radius 3 is 2.25 bits per heavy atom. The van der Waals surface area contributed by atoms with E-state index < -0.39 is 0 Å². The molecule has 0 saturated carbocycles. The van der Waals surface area contributed by atoms with Crippen LogP contribution in [0.4, 0.5) is 17.1 Å². The van der Waals surface area contributed by atoms with Gasteiger partial charge in [-0.25, -0.2) is 0 Å². The first-order valence-electron chi connectivity index (χ1n) is 10.8. The topological polar surface area (TPSA) is 37.4 Å². The average molecular weight is 420 g/mol. The van der Waals surface area contributed by atoms with Crippen molar-refractivity contribution < 1.29 is 4.74 Å². The SMILES string of the molecule is Cc1cc2c(cn1)C(OCc1ccccc1)C=C(Nc1ccccc1)N2c1ccccc1. The van der Waals surface area contributed by atoms with Gasteiger partial charge in [0.2, 0.25) is 0 Å². The first-order valence-corrected chi connectivity index (χ1v) is 10.8. The zero-order chi connectivity index (χ0) is 21.8. The molecule has 4 heteroatoms. The van der Waals surface area contributed by atoms with Gasteiger partial charge in [-0.05, 0) is 48.9 Å². The second-order valence-corrected chi connectivity index (χ2v) is 7.82. The number of nitrogens with zero attached hydrogens (tertiary/aromatic N) is 2. The molecule has 1 aliphatic heterocycles. The maximum atomic E-state index is 6.40. The number of nitrogens with one attached hydrogen (secondary N) is 1. The van der Waals surface area contributed by atoms with Gasteiger partial charge in [0, 0.05) is 28.8 Å². The van der Waals surface area contributed by atoms with Gasteiger partial charge in [-0.2, -0.15) is 0 Å². The molecule has 0 spiro atoms. The number of hydrogen-bond donors (Lipinski definition) is 1. The molecule has 1 unspecified atom stereocenters. The lowest BCUT2D eigenvalue weighted by atomic mass is 10.0. The number of pyridine rings is 1. The van der Waals surface area contributed by atoms with E-state index in [1.165, 1.54) is 0 Å². The largest absolute Gasteiger partial charge is 0.364 e. The molecule has 1 aromatic heterocycles. The third kappa shape index (κ3) is 4.27. The van der Waals surface area contributed by atoms with Gasteiger partial charge in [-0.3, -0.25) is 9.88 Å². The van der Waals surface area contributed by atoms with Crippen LogP contribution >= 0.6 is 0 Å². The highest BCUT2D eigenvalue weighted by Gasteiger charge is 2.29. The van der Waals surface area contributed by atoms with Crippen LogP contribution in [0, 0.1) is 6.92 Å². The fourth-order valence-corrected chi connectivity index (χ4v) is 3.93. The van der Waals surface area contributed by atoms with Crippen LogP contribution in [-0.2, 0) is 11.3 Å². The van der Waals surface area contributed by atoms with Gasteiger partial charge in [0.25, 0.3) is 0 Å². The van der Waals surface area contributed by atoms with Gasteiger partial charge < -0.3 is 10.1 Å². The van der Waals surface area contributed by atoms with Crippen LogP contribution in [0.25, 0.3) is 0 Å². The molecule has 0 saturated heterocycles.